The summed E-state index contributed by atoms with van der Waals surface area (Å²) in [6, 6.07) is 29.4. The number of hydrogen-bond donors (Lipinski definition) is 0. The third-order valence-electron chi connectivity index (χ3n) is 7.74. The molecule has 8 heteroatoms. The Balaban J connectivity index is 1.44. The molecule has 0 fully saturated rings. The lowest BCUT2D eigenvalue weighted by molar-refractivity contribution is -0.150. The van der Waals surface area contributed by atoms with E-state index in [0.717, 1.165) is 44.7 Å². The van der Waals surface area contributed by atoms with E-state index in [2.05, 4.69) is 19.1 Å². The number of carbonyl (C=O) groups excluding carboxylic acids is 2. The number of fused-ring (bicyclic) bond motifs is 2. The predicted octanol–water partition coefficient (Wildman–Crippen LogP) is 7.95. The molecule has 0 bridgehead atoms. The molecule has 0 N–H and O–H groups in total. The minimum atomic E-state index is -0.653. The van der Waals surface area contributed by atoms with Gasteiger partial charge in [0.05, 0.1) is 0 Å². The van der Waals surface area contributed by atoms with Crippen LogP contribution in [0.15, 0.2) is 91.0 Å². The van der Waals surface area contributed by atoms with E-state index in [0.29, 0.717) is 23.0 Å². The molecule has 5 rings (SSSR count). The molecule has 0 aliphatic carbocycles. The van der Waals surface area contributed by atoms with Crippen molar-refractivity contribution in [2.75, 3.05) is 26.4 Å². The van der Waals surface area contributed by atoms with Gasteiger partial charge < -0.3 is 28.4 Å². The van der Waals surface area contributed by atoms with Gasteiger partial charge in [-0.3, -0.25) is 9.59 Å². The summed E-state index contributed by atoms with van der Waals surface area (Å²) in [4.78, 5) is 24.0. The average Bonchev–Trinajstić information content (AvgIpc) is 3.06. The molecule has 8 nitrogen and oxygen atoms in total. The number of ether oxygens (including phenoxy) is 6. The summed E-state index contributed by atoms with van der Waals surface area (Å²) in [7, 11) is 0. The van der Waals surface area contributed by atoms with Gasteiger partial charge in [0.25, 0.3) is 0 Å². The zero-order chi connectivity index (χ0) is 34.0. The second kappa shape index (κ2) is 16.0. The lowest BCUT2D eigenvalue weighted by atomic mass is 9.98. The third-order valence-corrected chi connectivity index (χ3v) is 7.74. The maximum Gasteiger partial charge on any atom is 0.303 e. The van der Waals surface area contributed by atoms with Crippen molar-refractivity contribution in [2.24, 2.45) is 0 Å². The molecular weight excluding hydrogens is 608 g/mol. The quantitative estimate of drug-likeness (QED) is 0.0833. The van der Waals surface area contributed by atoms with E-state index in [4.69, 9.17) is 28.4 Å². The Kier molecular flexibility index (Phi) is 11.4. The summed E-state index contributed by atoms with van der Waals surface area (Å²) in [6.45, 7) is 9.22. The fraction of sp³-hybridized carbons (Fsp3) is 0.300. The Morgan fingerprint density at radius 2 is 1.00 bits per heavy atom. The van der Waals surface area contributed by atoms with Crippen molar-refractivity contribution in [3.8, 4) is 23.0 Å². The molecule has 48 heavy (non-hydrogen) atoms. The minimum Gasteiger partial charge on any atom is -0.490 e. The maximum absolute atomic E-state index is 12.0. The molecule has 0 aliphatic rings. The predicted molar refractivity (Wildman–Crippen MR) is 186 cm³/mol. The Hall–Kier alpha value is -5.24. The smallest absolute Gasteiger partial charge is 0.303 e. The van der Waals surface area contributed by atoms with Gasteiger partial charge in [0.1, 0.15) is 49.4 Å². The molecule has 0 spiro atoms. The highest BCUT2D eigenvalue weighted by atomic mass is 16.6. The number of aryl methyl sites for hydroxylation is 3. The highest BCUT2D eigenvalue weighted by molar-refractivity contribution is 6.11. The van der Waals surface area contributed by atoms with Crippen molar-refractivity contribution in [1.29, 1.82) is 0 Å². The number of esters is 2. The van der Waals surface area contributed by atoms with Gasteiger partial charge in [0.15, 0.2) is 12.2 Å². The van der Waals surface area contributed by atoms with Crippen LogP contribution in [0.2, 0.25) is 0 Å². The number of benzene rings is 5. The third kappa shape index (κ3) is 8.97. The van der Waals surface area contributed by atoms with Crippen LogP contribution in [0, 0.1) is 13.8 Å². The lowest BCUT2D eigenvalue weighted by Crippen LogP contribution is -2.30. The second-order valence-corrected chi connectivity index (χ2v) is 11.8. The highest BCUT2D eigenvalue weighted by Crippen LogP contribution is 2.43. The van der Waals surface area contributed by atoms with Gasteiger partial charge in [-0.05, 0) is 67.3 Å². The molecule has 0 saturated heterocycles. The van der Waals surface area contributed by atoms with E-state index in [1.807, 2.05) is 92.7 Å². The lowest BCUT2D eigenvalue weighted by Gasteiger charge is -2.23. The Labute approximate surface area is 281 Å². The summed E-state index contributed by atoms with van der Waals surface area (Å²) < 4.78 is 36.2. The fourth-order valence-electron chi connectivity index (χ4n) is 5.52. The summed E-state index contributed by atoms with van der Waals surface area (Å²) in [5, 5.41) is 3.34. The molecular formula is C40H42O8. The van der Waals surface area contributed by atoms with Gasteiger partial charge in [-0.25, -0.2) is 0 Å². The van der Waals surface area contributed by atoms with Gasteiger partial charge in [-0.1, -0.05) is 67.6 Å². The van der Waals surface area contributed by atoms with Gasteiger partial charge in [0, 0.05) is 35.4 Å². The van der Waals surface area contributed by atoms with Crippen molar-refractivity contribution in [1.82, 2.24) is 0 Å². The standard InChI is InChI=1S/C40H42O8/c1-6-30-17-18-37-38(21-30)40(46-25-34(48-29(5)42)23-44-32-14-10-12-27(3)20-32)36-16-8-7-15-35(36)39(37)45-24-33(47-28(4)41)22-43-31-13-9-11-26(2)19-31/h7-21,33-34H,6,22-25H2,1-5H3. The first kappa shape index (κ1) is 34.1. The van der Waals surface area contributed by atoms with Crippen molar-refractivity contribution in [2.45, 2.75) is 53.2 Å². The molecule has 5 aromatic carbocycles. The van der Waals surface area contributed by atoms with Crippen LogP contribution in [0.3, 0.4) is 0 Å². The number of carbonyl (C=O) groups is 2. The number of rotatable bonds is 15. The Bertz CT molecular complexity index is 1880. The molecule has 2 unspecified atom stereocenters. The van der Waals surface area contributed by atoms with E-state index in [1.165, 1.54) is 13.8 Å². The summed E-state index contributed by atoms with van der Waals surface area (Å²) >= 11 is 0. The molecule has 0 amide bonds. The van der Waals surface area contributed by atoms with E-state index in [9.17, 15) is 9.59 Å². The Morgan fingerprint density at radius 1 is 0.542 bits per heavy atom. The van der Waals surface area contributed by atoms with Crippen LogP contribution < -0.4 is 18.9 Å². The van der Waals surface area contributed by atoms with Gasteiger partial charge in [-0.15, -0.1) is 0 Å². The normalized spacial score (nSPS) is 12.3. The van der Waals surface area contributed by atoms with E-state index in [1.54, 1.807) is 0 Å². The van der Waals surface area contributed by atoms with E-state index >= 15 is 0 Å². The second-order valence-electron chi connectivity index (χ2n) is 11.8. The summed E-state index contributed by atoms with van der Waals surface area (Å²) in [6.07, 6.45) is -0.482. The van der Waals surface area contributed by atoms with Crippen molar-refractivity contribution in [3.63, 3.8) is 0 Å². The van der Waals surface area contributed by atoms with Gasteiger partial charge in [0.2, 0.25) is 0 Å². The first-order chi connectivity index (χ1) is 23.2. The monoisotopic (exact) mass is 650 g/mol. The minimum absolute atomic E-state index is 0.0745. The van der Waals surface area contributed by atoms with Crippen LogP contribution >= 0.6 is 0 Å². The zero-order valence-electron chi connectivity index (χ0n) is 28.1. The van der Waals surface area contributed by atoms with Gasteiger partial charge in [-0.2, -0.15) is 0 Å². The first-order valence-corrected chi connectivity index (χ1v) is 16.2. The van der Waals surface area contributed by atoms with Crippen LogP contribution in [-0.4, -0.2) is 50.6 Å². The van der Waals surface area contributed by atoms with Gasteiger partial charge >= 0.3 is 11.9 Å². The highest BCUT2D eigenvalue weighted by Gasteiger charge is 2.22. The molecule has 0 aliphatic heterocycles. The topological polar surface area (TPSA) is 89.5 Å². The zero-order valence-corrected chi connectivity index (χ0v) is 28.1. The molecule has 0 radical (unpaired) electrons. The first-order valence-electron chi connectivity index (χ1n) is 16.2. The number of hydrogen-bond acceptors (Lipinski definition) is 8. The fourth-order valence-corrected chi connectivity index (χ4v) is 5.52. The van der Waals surface area contributed by atoms with Crippen molar-refractivity contribution in [3.05, 3.63) is 108 Å². The van der Waals surface area contributed by atoms with Crippen LogP contribution in [0.1, 0.15) is 37.5 Å². The van der Waals surface area contributed by atoms with Crippen LogP contribution in [0.25, 0.3) is 21.5 Å². The molecule has 2 atom stereocenters. The average molecular weight is 651 g/mol. The molecule has 5 aromatic rings. The van der Waals surface area contributed by atoms with Crippen LogP contribution in [0.5, 0.6) is 23.0 Å². The molecule has 0 aromatic heterocycles. The molecule has 0 saturated carbocycles. The molecule has 0 heterocycles. The molecule has 250 valence electrons. The maximum atomic E-state index is 12.0. The Morgan fingerprint density at radius 3 is 1.46 bits per heavy atom. The van der Waals surface area contributed by atoms with Crippen molar-refractivity contribution >= 4 is 33.5 Å². The largest absolute Gasteiger partial charge is 0.490 e. The van der Waals surface area contributed by atoms with E-state index in [-0.39, 0.29) is 26.4 Å². The summed E-state index contributed by atoms with van der Waals surface area (Å²) in [5.41, 5.74) is 3.26. The van der Waals surface area contributed by atoms with Crippen molar-refractivity contribution < 1.29 is 38.0 Å². The van der Waals surface area contributed by atoms with E-state index < -0.39 is 24.1 Å². The summed E-state index contributed by atoms with van der Waals surface area (Å²) in [5.74, 6) is 1.83. The van der Waals surface area contributed by atoms with Crippen LogP contribution in [-0.2, 0) is 25.5 Å². The van der Waals surface area contributed by atoms with Crippen LogP contribution in [0.4, 0.5) is 0 Å². The SMILES string of the molecule is CCc1ccc2c(OCC(COc3cccc(C)c3)OC(C)=O)c3ccccc3c(OCC(COc3cccc(C)c3)OC(C)=O)c2c1.